The summed E-state index contributed by atoms with van der Waals surface area (Å²) in [6, 6.07) is 5.05. The molecule has 0 bridgehead atoms. The van der Waals surface area contributed by atoms with Crippen molar-refractivity contribution in [1.29, 1.82) is 0 Å². The fourth-order valence-corrected chi connectivity index (χ4v) is 5.41. The Kier molecular flexibility index (Phi) is 18.7. The van der Waals surface area contributed by atoms with Crippen LogP contribution in [-0.4, -0.2) is 4.98 Å². The molecule has 0 saturated heterocycles. The van der Waals surface area contributed by atoms with E-state index in [4.69, 9.17) is 5.73 Å². The van der Waals surface area contributed by atoms with E-state index in [1.807, 2.05) is 45.1 Å². The van der Waals surface area contributed by atoms with Gasteiger partial charge in [-0.1, -0.05) is 129 Å². The summed E-state index contributed by atoms with van der Waals surface area (Å²) >= 11 is 1.43. The quantitative estimate of drug-likeness (QED) is 0.272. The minimum absolute atomic E-state index is 0. The van der Waals surface area contributed by atoms with Gasteiger partial charge >= 0.3 is 0 Å². The Morgan fingerprint density at radius 1 is 1.18 bits per heavy atom. The summed E-state index contributed by atoms with van der Waals surface area (Å²) in [5, 5.41) is 4.80. The number of unbranched alkanes of at least 4 members (excludes halogenated alkanes) is 1. The van der Waals surface area contributed by atoms with E-state index in [9.17, 15) is 4.39 Å². The molecule has 0 saturated carbocycles. The number of nitrogens with two attached hydrogens (primary N) is 1. The van der Waals surface area contributed by atoms with Crippen LogP contribution in [0.3, 0.4) is 0 Å². The molecule has 3 rings (SSSR count). The SMILES string of the molecule is C.CC.CCC=C(c1sc(NC2=CC=C(C)CC=C2)nc1N)c1c(F)cccc1P.CCCCC(C)(CC)CC. The number of halogens is 1. The third-order valence-electron chi connectivity index (χ3n) is 7.00. The van der Waals surface area contributed by atoms with Gasteiger partial charge in [-0.25, -0.2) is 9.37 Å². The first-order valence-electron chi connectivity index (χ1n) is 14.5. The summed E-state index contributed by atoms with van der Waals surface area (Å²) in [7, 11) is 2.60. The zero-order valence-electron chi connectivity index (χ0n) is 25.5. The topological polar surface area (TPSA) is 50.9 Å². The number of nitrogens with one attached hydrogen (secondary N) is 1. The van der Waals surface area contributed by atoms with E-state index in [1.165, 1.54) is 55.1 Å². The summed E-state index contributed by atoms with van der Waals surface area (Å²) in [6.07, 6.45) is 18.8. The molecule has 0 fully saturated rings. The Labute approximate surface area is 251 Å². The average Bonchev–Trinajstić information content (AvgIpc) is 3.17. The highest BCUT2D eigenvalue weighted by Crippen LogP contribution is 2.37. The lowest BCUT2D eigenvalue weighted by Gasteiger charge is -2.26. The Balaban J connectivity index is 0.000000997. The number of anilines is 2. The number of hydrogen-bond acceptors (Lipinski definition) is 4. The maximum Gasteiger partial charge on any atom is 0.189 e. The molecule has 1 aromatic carbocycles. The van der Waals surface area contributed by atoms with Crippen LogP contribution in [0.5, 0.6) is 0 Å². The highest BCUT2D eigenvalue weighted by Gasteiger charge is 2.19. The fraction of sp³-hybridized carbons (Fsp3) is 0.500. The summed E-state index contributed by atoms with van der Waals surface area (Å²) in [5.74, 6) is 0.138. The number of hydrogen-bond donors (Lipinski definition) is 2. The van der Waals surface area contributed by atoms with Gasteiger partial charge in [-0.3, -0.25) is 0 Å². The lowest BCUT2D eigenvalue weighted by atomic mass is 9.80. The number of rotatable bonds is 10. The first-order chi connectivity index (χ1) is 18.7. The maximum atomic E-state index is 14.6. The molecule has 0 spiro atoms. The summed E-state index contributed by atoms with van der Waals surface area (Å²) in [4.78, 5) is 5.24. The number of nitrogen functional groups attached to an aromatic ring is 1. The van der Waals surface area contributed by atoms with Gasteiger partial charge in [-0.15, -0.1) is 9.24 Å². The van der Waals surface area contributed by atoms with Crippen molar-refractivity contribution in [2.75, 3.05) is 11.1 Å². The number of aromatic nitrogens is 1. The molecule has 0 aliphatic heterocycles. The van der Waals surface area contributed by atoms with Crippen LogP contribution in [0.2, 0.25) is 0 Å². The summed E-state index contributed by atoms with van der Waals surface area (Å²) < 4.78 is 14.6. The zero-order chi connectivity index (χ0) is 29.4. The second-order valence-corrected chi connectivity index (χ2v) is 11.6. The Morgan fingerprint density at radius 2 is 1.85 bits per heavy atom. The van der Waals surface area contributed by atoms with Gasteiger partial charge in [0.1, 0.15) is 11.6 Å². The van der Waals surface area contributed by atoms with Crippen molar-refractivity contribution in [2.24, 2.45) is 5.41 Å². The van der Waals surface area contributed by atoms with E-state index in [1.54, 1.807) is 6.07 Å². The molecule has 0 amide bonds. The molecule has 1 aliphatic carbocycles. The second kappa shape index (κ2) is 19.8. The van der Waals surface area contributed by atoms with Crippen molar-refractivity contribution in [3.05, 3.63) is 76.1 Å². The Morgan fingerprint density at radius 3 is 2.42 bits per heavy atom. The highest BCUT2D eigenvalue weighted by atomic mass is 32.1. The lowest BCUT2D eigenvalue weighted by molar-refractivity contribution is 0.265. The normalized spacial score (nSPS) is 13.0. The van der Waals surface area contributed by atoms with Crippen molar-refractivity contribution in [2.45, 2.75) is 108 Å². The van der Waals surface area contributed by atoms with E-state index >= 15 is 0 Å². The van der Waals surface area contributed by atoms with Crippen LogP contribution in [-0.2, 0) is 0 Å². The number of thiazole rings is 1. The number of allylic oxidation sites excluding steroid dienone is 6. The minimum atomic E-state index is -0.264. The van der Waals surface area contributed by atoms with Gasteiger partial charge in [0.15, 0.2) is 5.13 Å². The van der Waals surface area contributed by atoms with Crippen LogP contribution in [0, 0.1) is 11.2 Å². The Hall–Kier alpha value is -2.23. The van der Waals surface area contributed by atoms with Crippen molar-refractivity contribution in [1.82, 2.24) is 4.98 Å². The van der Waals surface area contributed by atoms with Crippen LogP contribution in [0.25, 0.3) is 5.57 Å². The summed E-state index contributed by atoms with van der Waals surface area (Å²) in [5.41, 5.74) is 10.4. The molecule has 1 aromatic heterocycles. The predicted molar refractivity (Wildman–Crippen MR) is 185 cm³/mol. The van der Waals surface area contributed by atoms with Gasteiger partial charge in [0.2, 0.25) is 0 Å². The van der Waals surface area contributed by atoms with Crippen molar-refractivity contribution < 1.29 is 4.39 Å². The number of benzene rings is 1. The van der Waals surface area contributed by atoms with Crippen LogP contribution in [0.15, 0.2) is 59.8 Å². The van der Waals surface area contributed by atoms with E-state index in [0.717, 1.165) is 34.3 Å². The van der Waals surface area contributed by atoms with E-state index in [0.29, 0.717) is 21.9 Å². The molecule has 1 unspecified atom stereocenters. The Bertz CT molecular complexity index is 1120. The maximum absolute atomic E-state index is 14.6. The molecule has 3 N–H and O–H groups in total. The molecule has 40 heavy (non-hydrogen) atoms. The highest BCUT2D eigenvalue weighted by molar-refractivity contribution is 7.27. The third-order valence-corrected chi connectivity index (χ3v) is 8.50. The van der Waals surface area contributed by atoms with Crippen molar-refractivity contribution in [3.63, 3.8) is 0 Å². The van der Waals surface area contributed by atoms with Crippen LogP contribution >= 0.6 is 20.6 Å². The minimum Gasteiger partial charge on any atom is -0.382 e. The van der Waals surface area contributed by atoms with Crippen molar-refractivity contribution >= 4 is 42.4 Å². The smallest absolute Gasteiger partial charge is 0.189 e. The average molecular weight is 588 g/mol. The second-order valence-electron chi connectivity index (χ2n) is 9.95. The van der Waals surface area contributed by atoms with E-state index < -0.39 is 0 Å². The van der Waals surface area contributed by atoms with Gasteiger partial charge in [-0.05, 0) is 55.1 Å². The largest absolute Gasteiger partial charge is 0.382 e. The van der Waals surface area contributed by atoms with Crippen LogP contribution in [0.4, 0.5) is 15.3 Å². The van der Waals surface area contributed by atoms with Gasteiger partial charge in [0.25, 0.3) is 0 Å². The van der Waals surface area contributed by atoms with Gasteiger partial charge in [0, 0.05) is 16.8 Å². The zero-order valence-corrected chi connectivity index (χ0v) is 27.4. The standard InChI is InChI=1S/C21H23FN3PS.C10H22.C2H6.CH4/c1-3-6-15(18-16(22)9-5-10-17(18)26)19-20(23)25-21(27-19)24-14-8-4-7-13(2)11-12-14;1-5-8-9-10(4,6-2)7-3;1-2;/h4-6,8-12H,3,7,23,26H2,1-2H3,(H,24,25);5-9H2,1-4H3;1-2H3;1H4. The molecule has 224 valence electrons. The van der Waals surface area contributed by atoms with Gasteiger partial charge in [-0.2, -0.15) is 0 Å². The molecule has 1 aliphatic rings. The molecule has 2 aromatic rings. The predicted octanol–water partition coefficient (Wildman–Crippen LogP) is 11.1. The van der Waals surface area contributed by atoms with E-state index in [-0.39, 0.29) is 13.2 Å². The molecule has 3 nitrogen and oxygen atoms in total. The van der Waals surface area contributed by atoms with Gasteiger partial charge < -0.3 is 11.1 Å². The molecule has 1 heterocycles. The molecule has 6 heteroatoms. The molecular weight excluding hydrogens is 532 g/mol. The van der Waals surface area contributed by atoms with Gasteiger partial charge in [0.05, 0.1) is 4.88 Å². The number of nitrogens with zero attached hydrogens (tertiary/aromatic N) is 1. The molecule has 1 atom stereocenters. The third kappa shape index (κ3) is 11.7. The molecule has 0 radical (unpaired) electrons. The lowest BCUT2D eigenvalue weighted by Crippen LogP contribution is -2.12. The first kappa shape index (κ1) is 37.8. The van der Waals surface area contributed by atoms with Crippen LogP contribution in [0.1, 0.15) is 118 Å². The molecular formula is C34H55FN3PS. The van der Waals surface area contributed by atoms with E-state index in [2.05, 4.69) is 66.3 Å². The van der Waals surface area contributed by atoms with Crippen LogP contribution < -0.4 is 16.4 Å². The monoisotopic (exact) mass is 587 g/mol. The van der Waals surface area contributed by atoms with Crippen molar-refractivity contribution in [3.8, 4) is 0 Å². The fourth-order valence-electron chi connectivity index (χ4n) is 4.06. The first-order valence-corrected chi connectivity index (χ1v) is 15.9. The summed E-state index contributed by atoms with van der Waals surface area (Å²) in [6.45, 7) is 17.4.